The van der Waals surface area contributed by atoms with Gasteiger partial charge in [-0.25, -0.2) is 4.98 Å². The number of rotatable bonds is 2. The van der Waals surface area contributed by atoms with Gasteiger partial charge in [-0.2, -0.15) is 13.2 Å². The van der Waals surface area contributed by atoms with E-state index in [9.17, 15) is 18.0 Å². The number of aromatic nitrogens is 1. The highest BCUT2D eigenvalue weighted by Gasteiger charge is 2.41. The SMILES string of the molecule is C[C@@H](N[C@H]1CCCN2C(=O)CCCOc3cccc(n3)C3CCC(CC3)OC[C@@H]12)C(F)(F)F. The van der Waals surface area contributed by atoms with Crippen molar-refractivity contribution >= 4 is 5.91 Å². The van der Waals surface area contributed by atoms with Crippen LogP contribution in [0.15, 0.2) is 18.2 Å². The average Bonchev–Trinajstić information content (AvgIpc) is 2.80. The maximum absolute atomic E-state index is 13.2. The van der Waals surface area contributed by atoms with Crippen LogP contribution in [-0.4, -0.2) is 66.0 Å². The molecule has 1 saturated carbocycles. The van der Waals surface area contributed by atoms with E-state index in [-0.39, 0.29) is 25.0 Å². The first-order valence-corrected chi connectivity index (χ1v) is 12.1. The third kappa shape index (κ3) is 6.18. The molecule has 3 aliphatic heterocycles. The number of nitrogens with one attached hydrogen (secondary N) is 1. The Kier molecular flexibility index (Phi) is 7.79. The van der Waals surface area contributed by atoms with Crippen molar-refractivity contribution in [3.8, 4) is 5.88 Å². The zero-order valence-corrected chi connectivity index (χ0v) is 19.2. The van der Waals surface area contributed by atoms with Crippen molar-refractivity contribution in [3.05, 3.63) is 23.9 Å². The first-order chi connectivity index (χ1) is 15.8. The molecule has 1 N–H and O–H groups in total. The van der Waals surface area contributed by atoms with E-state index in [0.29, 0.717) is 44.2 Å². The Bertz CT molecular complexity index is 799. The molecule has 1 aromatic heterocycles. The van der Waals surface area contributed by atoms with Crippen LogP contribution in [0.2, 0.25) is 0 Å². The highest BCUT2D eigenvalue weighted by molar-refractivity contribution is 5.76. The number of amides is 1. The van der Waals surface area contributed by atoms with E-state index >= 15 is 0 Å². The molecular weight excluding hydrogens is 435 g/mol. The van der Waals surface area contributed by atoms with E-state index in [1.807, 2.05) is 18.2 Å². The van der Waals surface area contributed by atoms with Gasteiger partial charge in [0, 0.05) is 36.7 Å². The molecular formula is C24H34F3N3O3. The number of ether oxygens (including phenoxy) is 2. The minimum Gasteiger partial charge on any atom is -0.478 e. The molecule has 0 aromatic carbocycles. The van der Waals surface area contributed by atoms with Crippen molar-refractivity contribution in [2.45, 2.75) is 94.6 Å². The summed E-state index contributed by atoms with van der Waals surface area (Å²) < 4.78 is 51.7. The molecule has 1 amide bonds. The zero-order valence-electron chi connectivity index (χ0n) is 19.2. The first kappa shape index (κ1) is 24.3. The topological polar surface area (TPSA) is 63.7 Å². The van der Waals surface area contributed by atoms with Crippen LogP contribution in [0.1, 0.15) is 69.9 Å². The number of hydrogen-bond acceptors (Lipinski definition) is 5. The molecule has 33 heavy (non-hydrogen) atoms. The van der Waals surface area contributed by atoms with Crippen molar-refractivity contribution in [2.24, 2.45) is 0 Å². The van der Waals surface area contributed by atoms with Crippen LogP contribution >= 0.6 is 0 Å². The Labute approximate surface area is 193 Å². The standard InChI is InChI=1S/C24H34F3N3O3/c1-16(24(25,26)27)28-20-6-3-13-30-21(20)15-33-18-11-9-17(10-12-18)19-5-2-7-22(29-19)32-14-4-8-23(30)31/h2,5,7,16-18,20-21,28H,3-4,6,8-15H2,1H3/t16-,17?,18?,20+,21+/m1/s1. The normalized spacial score (nSPS) is 30.4. The van der Waals surface area contributed by atoms with E-state index in [2.05, 4.69) is 10.3 Å². The van der Waals surface area contributed by atoms with Gasteiger partial charge in [0.25, 0.3) is 0 Å². The lowest BCUT2D eigenvalue weighted by Gasteiger charge is -2.43. The van der Waals surface area contributed by atoms with Crippen molar-refractivity contribution in [1.82, 2.24) is 15.2 Å². The predicted octanol–water partition coefficient (Wildman–Crippen LogP) is 4.20. The van der Waals surface area contributed by atoms with Crippen molar-refractivity contribution in [1.29, 1.82) is 0 Å². The number of halogens is 3. The molecule has 6 nitrogen and oxygen atoms in total. The van der Waals surface area contributed by atoms with Crippen LogP contribution in [0, 0.1) is 0 Å². The minimum absolute atomic E-state index is 0.0492. The predicted molar refractivity (Wildman–Crippen MR) is 117 cm³/mol. The number of carbonyl (C=O) groups excluding carboxylic acids is 1. The summed E-state index contributed by atoms with van der Waals surface area (Å²) in [7, 11) is 0. The number of hydrogen-bond donors (Lipinski definition) is 1. The van der Waals surface area contributed by atoms with Crippen molar-refractivity contribution < 1.29 is 27.4 Å². The van der Waals surface area contributed by atoms with Crippen molar-refractivity contribution in [2.75, 3.05) is 19.8 Å². The lowest BCUT2D eigenvalue weighted by atomic mass is 9.85. The van der Waals surface area contributed by atoms with E-state index in [1.54, 1.807) is 4.90 Å². The molecule has 3 atom stereocenters. The second-order valence-corrected chi connectivity index (χ2v) is 9.49. The second-order valence-electron chi connectivity index (χ2n) is 9.49. The lowest BCUT2D eigenvalue weighted by molar-refractivity contribution is -0.157. The third-order valence-corrected chi connectivity index (χ3v) is 7.18. The molecule has 4 heterocycles. The van der Waals surface area contributed by atoms with Crippen LogP contribution < -0.4 is 10.1 Å². The third-order valence-electron chi connectivity index (χ3n) is 7.18. The largest absolute Gasteiger partial charge is 0.478 e. The summed E-state index contributed by atoms with van der Waals surface area (Å²) in [5.41, 5.74) is 1.03. The zero-order chi connectivity index (χ0) is 23.4. The van der Waals surface area contributed by atoms with Crippen molar-refractivity contribution in [3.63, 3.8) is 0 Å². The Hall–Kier alpha value is -1.87. The molecule has 0 radical (unpaired) electrons. The van der Waals surface area contributed by atoms with E-state index in [4.69, 9.17) is 9.47 Å². The summed E-state index contributed by atoms with van der Waals surface area (Å²) in [6.45, 7) is 2.31. The molecule has 9 heteroatoms. The lowest BCUT2D eigenvalue weighted by Crippen LogP contribution is -2.61. The van der Waals surface area contributed by atoms with Gasteiger partial charge >= 0.3 is 6.18 Å². The summed E-state index contributed by atoms with van der Waals surface area (Å²) in [4.78, 5) is 19.5. The summed E-state index contributed by atoms with van der Waals surface area (Å²) in [5.74, 6) is 0.874. The first-order valence-electron chi connectivity index (χ1n) is 12.1. The van der Waals surface area contributed by atoms with Crippen LogP contribution in [0.5, 0.6) is 5.88 Å². The molecule has 1 aromatic rings. The number of carbonyl (C=O) groups is 1. The van der Waals surface area contributed by atoms with Crippen LogP contribution in [0.25, 0.3) is 0 Å². The number of alkyl halides is 3. The van der Waals surface area contributed by atoms with Gasteiger partial charge in [0.2, 0.25) is 11.8 Å². The van der Waals surface area contributed by atoms with E-state index in [0.717, 1.165) is 38.3 Å². The molecule has 0 unspecified atom stereocenters. The van der Waals surface area contributed by atoms with Gasteiger partial charge in [-0.05, 0) is 57.9 Å². The highest BCUT2D eigenvalue weighted by Crippen LogP contribution is 2.34. The van der Waals surface area contributed by atoms with Gasteiger partial charge in [-0.1, -0.05) is 6.07 Å². The highest BCUT2D eigenvalue weighted by atomic mass is 19.4. The Morgan fingerprint density at radius 3 is 2.70 bits per heavy atom. The van der Waals surface area contributed by atoms with Crippen LogP contribution in [0.3, 0.4) is 0 Å². The Morgan fingerprint density at radius 2 is 1.94 bits per heavy atom. The number of nitrogens with zero attached hydrogens (tertiary/aromatic N) is 2. The fourth-order valence-electron chi connectivity index (χ4n) is 5.22. The van der Waals surface area contributed by atoms with Gasteiger partial charge < -0.3 is 19.7 Å². The quantitative estimate of drug-likeness (QED) is 0.704. The van der Waals surface area contributed by atoms with Gasteiger partial charge in [0.1, 0.15) is 6.04 Å². The van der Waals surface area contributed by atoms with Gasteiger partial charge in [0.05, 0.1) is 25.4 Å². The van der Waals surface area contributed by atoms with E-state index in [1.165, 1.54) is 0 Å². The molecule has 4 bridgehead atoms. The Morgan fingerprint density at radius 1 is 1.15 bits per heavy atom. The fraction of sp³-hybridized carbons (Fsp3) is 0.750. The molecule has 4 aliphatic rings. The van der Waals surface area contributed by atoms with Gasteiger partial charge in [-0.3, -0.25) is 4.79 Å². The minimum atomic E-state index is -4.33. The number of pyridine rings is 1. The fourth-order valence-corrected chi connectivity index (χ4v) is 5.22. The van der Waals surface area contributed by atoms with Gasteiger partial charge in [0.15, 0.2) is 0 Å². The maximum atomic E-state index is 13.2. The molecule has 0 spiro atoms. The molecule has 1 saturated heterocycles. The molecule has 184 valence electrons. The van der Waals surface area contributed by atoms with Crippen LogP contribution in [0.4, 0.5) is 13.2 Å². The molecule has 2 fully saturated rings. The summed E-state index contributed by atoms with van der Waals surface area (Å²) in [6.07, 6.45) is 1.42. The molecule has 5 rings (SSSR count). The second kappa shape index (κ2) is 10.6. The average molecular weight is 470 g/mol. The smallest absolute Gasteiger partial charge is 0.403 e. The number of piperidine rings is 1. The van der Waals surface area contributed by atoms with Gasteiger partial charge in [-0.15, -0.1) is 0 Å². The summed E-state index contributed by atoms with van der Waals surface area (Å²) in [5, 5.41) is 2.75. The van der Waals surface area contributed by atoms with E-state index < -0.39 is 24.3 Å². The maximum Gasteiger partial charge on any atom is 0.403 e. The van der Waals surface area contributed by atoms with Crippen LogP contribution in [-0.2, 0) is 9.53 Å². The summed E-state index contributed by atoms with van der Waals surface area (Å²) in [6, 6.07) is 3.34. The molecule has 1 aliphatic carbocycles. The number of fused-ring (bicyclic) bond motifs is 7. The Balaban J connectivity index is 1.50. The summed E-state index contributed by atoms with van der Waals surface area (Å²) >= 11 is 0. The monoisotopic (exact) mass is 469 g/mol.